The molecule has 8 heteroatoms. The summed E-state index contributed by atoms with van der Waals surface area (Å²) < 4.78 is 17.6. The molecule has 0 radical (unpaired) electrons. The number of rotatable bonds is 9. The van der Waals surface area contributed by atoms with Gasteiger partial charge in [0.05, 0.1) is 13.2 Å². The lowest BCUT2D eigenvalue weighted by molar-refractivity contribution is -0.235. The van der Waals surface area contributed by atoms with Gasteiger partial charge < -0.3 is 19.3 Å². The Morgan fingerprint density at radius 2 is 1.64 bits per heavy atom. The number of unbranched alkanes of at least 4 members (excludes halogenated alkanes) is 1. The number of hydrogen-bond acceptors (Lipinski definition) is 7. The monoisotopic (exact) mass is 358 g/mol. The SMILES string of the molecule is CCC(OC(=O)CCCCC(=O)O)(C1NCCCO1)C1NCCCO1. The highest BCUT2D eigenvalue weighted by Gasteiger charge is 2.50. The molecule has 0 amide bonds. The molecule has 2 rings (SSSR count). The number of nitrogens with one attached hydrogen (secondary N) is 2. The number of carbonyl (C=O) groups is 2. The van der Waals surface area contributed by atoms with E-state index in [1.54, 1.807) is 0 Å². The molecule has 0 bridgehead atoms. The maximum atomic E-state index is 12.4. The number of esters is 1. The predicted molar refractivity (Wildman–Crippen MR) is 89.9 cm³/mol. The van der Waals surface area contributed by atoms with Crippen molar-refractivity contribution in [2.45, 2.75) is 69.9 Å². The van der Waals surface area contributed by atoms with Crippen molar-refractivity contribution in [3.63, 3.8) is 0 Å². The molecule has 2 heterocycles. The molecule has 2 unspecified atom stereocenters. The lowest BCUT2D eigenvalue weighted by Crippen LogP contribution is -2.67. The predicted octanol–water partition coefficient (Wildman–Crippen LogP) is 0.995. The van der Waals surface area contributed by atoms with Crippen LogP contribution in [0.3, 0.4) is 0 Å². The van der Waals surface area contributed by atoms with Crippen LogP contribution in [0.5, 0.6) is 0 Å². The molecule has 2 fully saturated rings. The third-order valence-corrected chi connectivity index (χ3v) is 4.64. The smallest absolute Gasteiger partial charge is 0.306 e. The van der Waals surface area contributed by atoms with Gasteiger partial charge >= 0.3 is 11.9 Å². The van der Waals surface area contributed by atoms with Gasteiger partial charge in [-0.1, -0.05) is 6.92 Å². The molecule has 2 aliphatic rings. The van der Waals surface area contributed by atoms with Crippen LogP contribution >= 0.6 is 0 Å². The largest absolute Gasteiger partial charge is 0.481 e. The first-order valence-corrected chi connectivity index (χ1v) is 9.22. The van der Waals surface area contributed by atoms with Gasteiger partial charge in [0.1, 0.15) is 0 Å². The Morgan fingerprint density at radius 1 is 1.08 bits per heavy atom. The normalized spacial score (nSPS) is 26.6. The summed E-state index contributed by atoms with van der Waals surface area (Å²) in [7, 11) is 0. The van der Waals surface area contributed by atoms with Crippen molar-refractivity contribution in [2.75, 3.05) is 26.3 Å². The Labute approximate surface area is 148 Å². The Hall–Kier alpha value is -1.22. The third-order valence-electron chi connectivity index (χ3n) is 4.64. The summed E-state index contributed by atoms with van der Waals surface area (Å²) in [6.07, 6.45) is 2.72. The topological polar surface area (TPSA) is 106 Å². The van der Waals surface area contributed by atoms with Crippen molar-refractivity contribution in [1.29, 1.82) is 0 Å². The highest BCUT2D eigenvalue weighted by Crippen LogP contribution is 2.30. The average molecular weight is 358 g/mol. The summed E-state index contributed by atoms with van der Waals surface area (Å²) >= 11 is 0. The van der Waals surface area contributed by atoms with Gasteiger partial charge in [-0.25, -0.2) is 0 Å². The van der Waals surface area contributed by atoms with E-state index in [1.165, 1.54) is 0 Å². The van der Waals surface area contributed by atoms with E-state index in [-0.39, 0.29) is 18.8 Å². The number of carbonyl (C=O) groups excluding carboxylic acids is 1. The van der Waals surface area contributed by atoms with Crippen molar-refractivity contribution in [3.8, 4) is 0 Å². The van der Waals surface area contributed by atoms with Crippen LogP contribution in [0, 0.1) is 0 Å². The van der Waals surface area contributed by atoms with E-state index >= 15 is 0 Å². The van der Waals surface area contributed by atoms with Crippen molar-refractivity contribution >= 4 is 11.9 Å². The molecule has 0 aromatic carbocycles. The summed E-state index contributed by atoms with van der Waals surface area (Å²) in [5, 5.41) is 15.3. The Morgan fingerprint density at radius 3 is 2.08 bits per heavy atom. The van der Waals surface area contributed by atoms with Crippen molar-refractivity contribution < 1.29 is 28.9 Å². The van der Waals surface area contributed by atoms with Gasteiger partial charge in [0.25, 0.3) is 0 Å². The van der Waals surface area contributed by atoms with Gasteiger partial charge in [0, 0.05) is 12.8 Å². The maximum Gasteiger partial charge on any atom is 0.306 e. The van der Waals surface area contributed by atoms with Gasteiger partial charge in [-0.05, 0) is 45.2 Å². The number of aliphatic carboxylic acids is 1. The molecule has 144 valence electrons. The first-order chi connectivity index (χ1) is 12.1. The molecule has 0 spiro atoms. The van der Waals surface area contributed by atoms with E-state index in [9.17, 15) is 9.59 Å². The zero-order chi connectivity index (χ0) is 18.1. The lowest BCUT2D eigenvalue weighted by atomic mass is 9.93. The van der Waals surface area contributed by atoms with Crippen LogP contribution in [0.25, 0.3) is 0 Å². The second kappa shape index (κ2) is 10.1. The van der Waals surface area contributed by atoms with E-state index < -0.39 is 24.0 Å². The molecule has 3 N–H and O–H groups in total. The van der Waals surface area contributed by atoms with Gasteiger partial charge in [-0.2, -0.15) is 0 Å². The molecule has 8 nitrogen and oxygen atoms in total. The van der Waals surface area contributed by atoms with E-state index in [4.69, 9.17) is 19.3 Å². The summed E-state index contributed by atoms with van der Waals surface area (Å²) in [5.74, 6) is -1.20. The number of ether oxygens (including phenoxy) is 3. The second-order valence-corrected chi connectivity index (χ2v) is 6.50. The summed E-state index contributed by atoms with van der Waals surface area (Å²) in [4.78, 5) is 23.0. The Bertz CT molecular complexity index is 415. The minimum atomic E-state index is -0.940. The number of carboxylic acids is 1. The zero-order valence-electron chi connectivity index (χ0n) is 14.9. The minimum Gasteiger partial charge on any atom is -0.481 e. The molecule has 0 aromatic rings. The first-order valence-electron chi connectivity index (χ1n) is 9.22. The molecular formula is C17H30N2O6. The van der Waals surface area contributed by atoms with Gasteiger partial charge in [-0.15, -0.1) is 0 Å². The van der Waals surface area contributed by atoms with Crippen LogP contribution in [-0.2, 0) is 23.8 Å². The van der Waals surface area contributed by atoms with Crippen LogP contribution in [0.4, 0.5) is 0 Å². The van der Waals surface area contributed by atoms with Crippen LogP contribution in [0.2, 0.25) is 0 Å². The lowest BCUT2D eigenvalue weighted by Gasteiger charge is -2.46. The van der Waals surface area contributed by atoms with E-state index in [1.807, 2.05) is 6.92 Å². The molecule has 25 heavy (non-hydrogen) atoms. The maximum absolute atomic E-state index is 12.4. The van der Waals surface area contributed by atoms with Crippen molar-refractivity contribution in [3.05, 3.63) is 0 Å². The van der Waals surface area contributed by atoms with Crippen molar-refractivity contribution in [1.82, 2.24) is 10.6 Å². The zero-order valence-corrected chi connectivity index (χ0v) is 14.9. The molecule has 0 aliphatic carbocycles. The highest BCUT2D eigenvalue weighted by molar-refractivity contribution is 5.70. The molecule has 0 aromatic heterocycles. The van der Waals surface area contributed by atoms with E-state index in [0.717, 1.165) is 25.9 Å². The fraction of sp³-hybridized carbons (Fsp3) is 0.882. The summed E-state index contributed by atoms with van der Waals surface area (Å²) in [6.45, 7) is 4.78. The third kappa shape index (κ3) is 5.64. The number of hydrogen-bond donors (Lipinski definition) is 3. The Kier molecular flexibility index (Phi) is 8.08. The minimum absolute atomic E-state index is 0.0623. The van der Waals surface area contributed by atoms with E-state index in [2.05, 4.69) is 10.6 Å². The van der Waals surface area contributed by atoms with Crippen LogP contribution in [0.15, 0.2) is 0 Å². The van der Waals surface area contributed by atoms with Gasteiger partial charge in [0.2, 0.25) is 0 Å². The fourth-order valence-electron chi connectivity index (χ4n) is 3.25. The summed E-state index contributed by atoms with van der Waals surface area (Å²) in [5.41, 5.74) is -0.940. The average Bonchev–Trinajstić information content (AvgIpc) is 2.64. The standard InChI is InChI=1S/C17H30N2O6/c1-2-17(15-18-9-5-11-23-15,16-19-10-6-12-24-16)25-14(22)8-4-3-7-13(20)21/h15-16,18-19H,2-12H2,1H3,(H,20,21). The molecular weight excluding hydrogens is 328 g/mol. The molecule has 2 aliphatic heterocycles. The quantitative estimate of drug-likeness (QED) is 0.414. The molecule has 2 saturated heterocycles. The second-order valence-electron chi connectivity index (χ2n) is 6.50. The summed E-state index contributed by atoms with van der Waals surface area (Å²) in [6, 6.07) is 0. The number of carboxylic acid groups (broad SMARTS) is 1. The molecule has 2 atom stereocenters. The first kappa shape index (κ1) is 20.1. The van der Waals surface area contributed by atoms with Crippen molar-refractivity contribution in [2.24, 2.45) is 0 Å². The highest BCUT2D eigenvalue weighted by atomic mass is 16.6. The van der Waals surface area contributed by atoms with Gasteiger partial charge in [0.15, 0.2) is 18.1 Å². The van der Waals surface area contributed by atoms with Crippen LogP contribution in [0.1, 0.15) is 51.9 Å². The Balaban J connectivity index is 2.01. The van der Waals surface area contributed by atoms with E-state index in [0.29, 0.717) is 32.5 Å². The van der Waals surface area contributed by atoms with Gasteiger partial charge in [-0.3, -0.25) is 20.2 Å². The van der Waals surface area contributed by atoms with Crippen LogP contribution in [-0.4, -0.2) is 61.4 Å². The fourth-order valence-corrected chi connectivity index (χ4v) is 3.25. The molecule has 0 saturated carbocycles. The van der Waals surface area contributed by atoms with Crippen LogP contribution < -0.4 is 10.6 Å².